The van der Waals surface area contributed by atoms with Crippen molar-refractivity contribution in [2.75, 3.05) is 7.11 Å². The first-order valence-electron chi connectivity index (χ1n) is 6.31. The number of hydrogen-bond acceptors (Lipinski definition) is 1. The number of hydrogen-bond donors (Lipinski definition) is 0. The Hall–Kier alpha value is -1.50. The zero-order chi connectivity index (χ0) is 12.1. The quantitative estimate of drug-likeness (QED) is 0.703. The van der Waals surface area contributed by atoms with E-state index in [1.54, 1.807) is 7.11 Å². The molecule has 1 aromatic rings. The van der Waals surface area contributed by atoms with Crippen LogP contribution in [-0.2, 0) is 6.42 Å². The van der Waals surface area contributed by atoms with Crippen LogP contribution < -0.4 is 4.74 Å². The summed E-state index contributed by atoms with van der Waals surface area (Å²) < 4.78 is 5.28. The van der Waals surface area contributed by atoms with E-state index in [-0.39, 0.29) is 0 Å². The second-order valence-electron chi connectivity index (χ2n) is 4.47. The third-order valence-corrected chi connectivity index (χ3v) is 3.36. The molecule has 0 saturated carbocycles. The van der Waals surface area contributed by atoms with E-state index in [4.69, 9.17) is 4.74 Å². The lowest BCUT2D eigenvalue weighted by atomic mass is 9.82. The maximum absolute atomic E-state index is 5.28. The van der Waals surface area contributed by atoms with E-state index >= 15 is 0 Å². The molecule has 1 heteroatoms. The largest absolute Gasteiger partial charge is 0.497 e. The minimum absolute atomic E-state index is 0.570. The molecule has 90 valence electrons. The molecule has 2 rings (SSSR count). The Balaban J connectivity index is 2.25. The molecule has 0 saturated heterocycles. The first kappa shape index (κ1) is 12.0. The van der Waals surface area contributed by atoms with Crippen molar-refractivity contribution in [3.63, 3.8) is 0 Å². The molecule has 1 aromatic carbocycles. The molecule has 0 aliphatic heterocycles. The Bertz CT molecular complexity index is 429. The number of rotatable bonds is 3. The molecular weight excluding hydrogens is 208 g/mol. The van der Waals surface area contributed by atoms with Crippen LogP contribution in [0.1, 0.15) is 36.8 Å². The molecular formula is C16H20O. The Morgan fingerprint density at radius 1 is 1.29 bits per heavy atom. The summed E-state index contributed by atoms with van der Waals surface area (Å²) in [4.78, 5) is 0. The van der Waals surface area contributed by atoms with E-state index in [1.165, 1.54) is 30.4 Å². The van der Waals surface area contributed by atoms with Gasteiger partial charge >= 0.3 is 0 Å². The topological polar surface area (TPSA) is 9.23 Å². The van der Waals surface area contributed by atoms with Gasteiger partial charge in [-0.1, -0.05) is 30.4 Å². The summed E-state index contributed by atoms with van der Waals surface area (Å²) in [7, 11) is 1.73. The molecule has 0 fully saturated rings. The molecule has 0 radical (unpaired) electrons. The first-order chi connectivity index (χ1) is 8.35. The molecule has 0 unspecified atom stereocenters. The summed E-state index contributed by atoms with van der Waals surface area (Å²) in [5, 5.41) is 0. The van der Waals surface area contributed by atoms with Crippen LogP contribution in [-0.4, -0.2) is 7.11 Å². The van der Waals surface area contributed by atoms with Gasteiger partial charge in [0.05, 0.1) is 7.11 Å². The van der Waals surface area contributed by atoms with Crippen molar-refractivity contribution < 1.29 is 4.74 Å². The average molecular weight is 228 g/mol. The standard InChI is InChI=1S/C16H20O/c1-3-4-5-7-13-8-6-9-14-12-15(17-2)10-11-16(13)14/h3-5,7,10-13H,6,8-9H2,1-2H3/b4-3+,7-5+/t13-/m1/s1. The van der Waals surface area contributed by atoms with Crippen molar-refractivity contribution >= 4 is 0 Å². The molecule has 0 bridgehead atoms. The average Bonchev–Trinajstić information content (AvgIpc) is 2.38. The molecule has 1 aliphatic rings. The van der Waals surface area contributed by atoms with E-state index in [0.29, 0.717) is 5.92 Å². The van der Waals surface area contributed by atoms with E-state index in [9.17, 15) is 0 Å². The Labute approximate surface area is 104 Å². The summed E-state index contributed by atoms with van der Waals surface area (Å²) in [6, 6.07) is 6.48. The highest BCUT2D eigenvalue weighted by Gasteiger charge is 2.17. The van der Waals surface area contributed by atoms with Gasteiger partial charge in [0.2, 0.25) is 0 Å². The van der Waals surface area contributed by atoms with Gasteiger partial charge in [0.1, 0.15) is 5.75 Å². The summed E-state index contributed by atoms with van der Waals surface area (Å²) >= 11 is 0. The van der Waals surface area contributed by atoms with E-state index in [1.807, 2.05) is 6.92 Å². The van der Waals surface area contributed by atoms with Gasteiger partial charge in [-0.25, -0.2) is 0 Å². The Kier molecular flexibility index (Phi) is 4.03. The molecule has 0 heterocycles. The predicted molar refractivity (Wildman–Crippen MR) is 72.6 cm³/mol. The lowest BCUT2D eigenvalue weighted by Crippen LogP contribution is -2.07. The fourth-order valence-electron chi connectivity index (χ4n) is 2.46. The van der Waals surface area contributed by atoms with E-state index < -0.39 is 0 Å². The number of aryl methyl sites for hydroxylation is 1. The zero-order valence-electron chi connectivity index (χ0n) is 10.6. The van der Waals surface area contributed by atoms with Crippen molar-refractivity contribution in [2.24, 2.45) is 0 Å². The molecule has 1 atom stereocenters. The maximum atomic E-state index is 5.28. The van der Waals surface area contributed by atoms with Crippen LogP contribution in [0.4, 0.5) is 0 Å². The van der Waals surface area contributed by atoms with Crippen LogP contribution in [0, 0.1) is 0 Å². The number of methoxy groups -OCH3 is 1. The number of fused-ring (bicyclic) bond motifs is 1. The maximum Gasteiger partial charge on any atom is 0.119 e. The van der Waals surface area contributed by atoms with Gasteiger partial charge in [-0.15, -0.1) is 0 Å². The van der Waals surface area contributed by atoms with Crippen molar-refractivity contribution in [1.82, 2.24) is 0 Å². The summed E-state index contributed by atoms with van der Waals surface area (Å²) in [6.07, 6.45) is 12.3. The normalized spacial score (nSPS) is 19.8. The van der Waals surface area contributed by atoms with Gasteiger partial charge in [-0.3, -0.25) is 0 Å². The highest BCUT2D eigenvalue weighted by Crippen LogP contribution is 2.34. The van der Waals surface area contributed by atoms with Gasteiger partial charge in [0.15, 0.2) is 0 Å². The number of benzene rings is 1. The summed E-state index contributed by atoms with van der Waals surface area (Å²) in [5.74, 6) is 1.54. The van der Waals surface area contributed by atoms with Gasteiger partial charge in [0, 0.05) is 5.92 Å². The fraction of sp³-hybridized carbons (Fsp3) is 0.375. The smallest absolute Gasteiger partial charge is 0.119 e. The summed E-state index contributed by atoms with van der Waals surface area (Å²) in [5.41, 5.74) is 2.92. The monoisotopic (exact) mass is 228 g/mol. The lowest BCUT2D eigenvalue weighted by Gasteiger charge is -2.23. The van der Waals surface area contributed by atoms with Gasteiger partial charge < -0.3 is 4.74 Å². The minimum Gasteiger partial charge on any atom is -0.497 e. The highest BCUT2D eigenvalue weighted by atomic mass is 16.5. The van der Waals surface area contributed by atoms with Crippen LogP contribution in [0.3, 0.4) is 0 Å². The van der Waals surface area contributed by atoms with Crippen molar-refractivity contribution in [3.8, 4) is 5.75 Å². The van der Waals surface area contributed by atoms with E-state index in [0.717, 1.165) is 5.75 Å². The van der Waals surface area contributed by atoms with Gasteiger partial charge in [0.25, 0.3) is 0 Å². The number of ether oxygens (including phenoxy) is 1. The Morgan fingerprint density at radius 3 is 2.94 bits per heavy atom. The molecule has 1 nitrogen and oxygen atoms in total. The van der Waals surface area contributed by atoms with Crippen LogP contribution in [0.2, 0.25) is 0 Å². The zero-order valence-corrected chi connectivity index (χ0v) is 10.6. The third-order valence-electron chi connectivity index (χ3n) is 3.36. The van der Waals surface area contributed by atoms with Gasteiger partial charge in [-0.05, 0) is 49.4 Å². The van der Waals surface area contributed by atoms with Crippen LogP contribution >= 0.6 is 0 Å². The summed E-state index contributed by atoms with van der Waals surface area (Å²) in [6.45, 7) is 2.05. The molecule has 0 amide bonds. The fourth-order valence-corrected chi connectivity index (χ4v) is 2.46. The van der Waals surface area contributed by atoms with Gasteiger partial charge in [-0.2, -0.15) is 0 Å². The molecule has 0 spiro atoms. The van der Waals surface area contributed by atoms with Crippen LogP contribution in [0.5, 0.6) is 5.75 Å². The highest BCUT2D eigenvalue weighted by molar-refractivity contribution is 5.41. The van der Waals surface area contributed by atoms with Crippen molar-refractivity contribution in [3.05, 3.63) is 53.6 Å². The minimum atomic E-state index is 0.570. The predicted octanol–water partition coefficient (Wildman–Crippen LogP) is 4.25. The molecule has 0 aromatic heterocycles. The van der Waals surface area contributed by atoms with Crippen molar-refractivity contribution in [1.29, 1.82) is 0 Å². The van der Waals surface area contributed by atoms with Crippen molar-refractivity contribution in [2.45, 2.75) is 32.1 Å². The second kappa shape index (κ2) is 5.72. The second-order valence-corrected chi connectivity index (χ2v) is 4.47. The number of allylic oxidation sites excluding steroid dienone is 4. The molecule has 17 heavy (non-hydrogen) atoms. The first-order valence-corrected chi connectivity index (χ1v) is 6.31. The van der Waals surface area contributed by atoms with E-state index in [2.05, 4.69) is 42.5 Å². The SMILES string of the molecule is C/C=C/C=C/[C@@H]1CCCc2cc(OC)ccc21. The third kappa shape index (κ3) is 2.79. The lowest BCUT2D eigenvalue weighted by molar-refractivity contribution is 0.413. The molecule has 0 N–H and O–H groups in total. The molecule has 1 aliphatic carbocycles. The van der Waals surface area contributed by atoms with Crippen LogP contribution in [0.15, 0.2) is 42.5 Å². The Morgan fingerprint density at radius 2 is 2.18 bits per heavy atom. The van der Waals surface area contributed by atoms with Crippen LogP contribution in [0.25, 0.3) is 0 Å².